The summed E-state index contributed by atoms with van der Waals surface area (Å²) >= 11 is 3.41. The predicted molar refractivity (Wildman–Crippen MR) is 101 cm³/mol. The van der Waals surface area contributed by atoms with E-state index in [1.165, 1.54) is 0 Å². The van der Waals surface area contributed by atoms with Gasteiger partial charge in [0.05, 0.1) is 6.54 Å². The Kier molecular flexibility index (Phi) is 5.46. The zero-order valence-corrected chi connectivity index (χ0v) is 16.1. The second-order valence-electron chi connectivity index (χ2n) is 6.70. The van der Waals surface area contributed by atoms with Crippen LogP contribution in [0.1, 0.15) is 25.1 Å². The van der Waals surface area contributed by atoms with Crippen LogP contribution in [0.5, 0.6) is 0 Å². The summed E-state index contributed by atoms with van der Waals surface area (Å²) in [5, 5.41) is 13.5. The first-order valence-electron chi connectivity index (χ1n) is 8.32. The van der Waals surface area contributed by atoms with Gasteiger partial charge in [-0.1, -0.05) is 28.1 Å². The molecule has 4 rings (SSSR count). The molecule has 2 aromatic rings. The van der Waals surface area contributed by atoms with E-state index in [0.717, 1.165) is 42.4 Å². The Balaban J connectivity index is 0.00000182. The lowest BCUT2D eigenvalue weighted by Crippen LogP contribution is -2.33. The van der Waals surface area contributed by atoms with Crippen molar-refractivity contribution >= 4 is 34.2 Å². The quantitative estimate of drug-likeness (QED) is 0.702. The van der Waals surface area contributed by atoms with Crippen LogP contribution in [0.3, 0.4) is 0 Å². The molecule has 2 fully saturated rings. The summed E-state index contributed by atoms with van der Waals surface area (Å²) in [7, 11) is 0. The maximum absolute atomic E-state index is 12.4. The van der Waals surface area contributed by atoms with Crippen molar-refractivity contribution in [3.05, 3.63) is 34.6 Å². The number of nitrogens with one attached hydrogen (secondary N) is 3. The molecule has 2 aliphatic rings. The van der Waals surface area contributed by atoms with Crippen LogP contribution in [0.2, 0.25) is 0 Å². The number of rotatable bonds is 4. The maximum Gasteiger partial charge on any atom is 0.224 e. The number of amides is 1. The summed E-state index contributed by atoms with van der Waals surface area (Å²) < 4.78 is 1.02. The van der Waals surface area contributed by atoms with E-state index in [1.54, 1.807) is 0 Å². The number of halogens is 2. The van der Waals surface area contributed by atoms with E-state index in [1.807, 2.05) is 24.3 Å². The highest BCUT2D eigenvalue weighted by molar-refractivity contribution is 9.10. The summed E-state index contributed by atoms with van der Waals surface area (Å²) in [5.41, 5.74) is 1.21. The van der Waals surface area contributed by atoms with E-state index in [0.29, 0.717) is 18.2 Å². The number of piperidine rings is 1. The van der Waals surface area contributed by atoms with E-state index in [-0.39, 0.29) is 29.6 Å². The minimum atomic E-state index is 0. The molecule has 1 aromatic carbocycles. The molecule has 0 bridgehead atoms. The van der Waals surface area contributed by atoms with Gasteiger partial charge in [-0.2, -0.15) is 5.10 Å². The Morgan fingerprint density at radius 2 is 2.00 bits per heavy atom. The maximum atomic E-state index is 12.4. The number of benzene rings is 1. The number of carbonyl (C=O) groups excluding carboxylic acids is 1. The van der Waals surface area contributed by atoms with Crippen molar-refractivity contribution in [2.45, 2.75) is 25.8 Å². The molecule has 1 unspecified atom stereocenters. The number of hydrogen-bond donors (Lipinski definition) is 3. The van der Waals surface area contributed by atoms with Crippen LogP contribution in [0, 0.1) is 11.3 Å². The van der Waals surface area contributed by atoms with E-state index in [9.17, 15) is 4.79 Å². The molecule has 1 aromatic heterocycles. The Morgan fingerprint density at radius 1 is 1.28 bits per heavy atom. The highest BCUT2D eigenvalue weighted by Gasteiger charge is 2.57. The minimum absolute atomic E-state index is 0. The molecule has 0 radical (unpaired) electrons. The highest BCUT2D eigenvalue weighted by atomic mass is 79.9. The summed E-state index contributed by atoms with van der Waals surface area (Å²) in [6.45, 7) is 2.46. The van der Waals surface area contributed by atoms with Crippen molar-refractivity contribution in [2.24, 2.45) is 11.3 Å². The number of nitrogens with zero attached hydrogens (tertiary/aromatic N) is 2. The van der Waals surface area contributed by atoms with Gasteiger partial charge < -0.3 is 10.6 Å². The van der Waals surface area contributed by atoms with Crippen molar-refractivity contribution in [3.63, 3.8) is 0 Å². The van der Waals surface area contributed by atoms with Crippen LogP contribution in [-0.2, 0) is 11.3 Å². The van der Waals surface area contributed by atoms with Gasteiger partial charge in [-0.05, 0) is 49.9 Å². The number of hydrogen-bond acceptors (Lipinski definition) is 4. The van der Waals surface area contributed by atoms with Gasteiger partial charge in [0.25, 0.3) is 0 Å². The number of H-pyrrole nitrogens is 1. The van der Waals surface area contributed by atoms with Crippen LogP contribution in [0.4, 0.5) is 0 Å². The van der Waals surface area contributed by atoms with Gasteiger partial charge in [0.1, 0.15) is 5.82 Å². The van der Waals surface area contributed by atoms with Gasteiger partial charge in [-0.25, -0.2) is 4.98 Å². The molecule has 1 atom stereocenters. The molecule has 3 N–H and O–H groups in total. The molecule has 6 nitrogen and oxygen atoms in total. The molecule has 1 aliphatic carbocycles. The molecule has 1 saturated heterocycles. The first-order chi connectivity index (χ1) is 11.7. The zero-order chi connectivity index (χ0) is 16.6. The Labute approximate surface area is 161 Å². The number of aromatic nitrogens is 3. The molecule has 25 heavy (non-hydrogen) atoms. The molecule has 8 heteroatoms. The molecule has 2 heterocycles. The third-order valence-electron chi connectivity index (χ3n) is 5.17. The van der Waals surface area contributed by atoms with Gasteiger partial charge in [-0.3, -0.25) is 9.89 Å². The zero-order valence-electron chi connectivity index (χ0n) is 13.7. The van der Waals surface area contributed by atoms with Crippen LogP contribution in [0.25, 0.3) is 11.4 Å². The van der Waals surface area contributed by atoms with E-state index in [2.05, 4.69) is 41.7 Å². The lowest BCUT2D eigenvalue weighted by molar-refractivity contribution is -0.123. The van der Waals surface area contributed by atoms with Crippen molar-refractivity contribution in [2.75, 3.05) is 13.1 Å². The molecule has 1 spiro atoms. The second kappa shape index (κ2) is 7.43. The molecule has 1 amide bonds. The van der Waals surface area contributed by atoms with E-state index in [4.69, 9.17) is 0 Å². The lowest BCUT2D eigenvalue weighted by atomic mass is 9.92. The SMILES string of the molecule is Cl.O=C(NCc1nc(-c2ccc(Br)cc2)n[nH]1)C1CC12CCNCC2. The third kappa shape index (κ3) is 3.88. The van der Waals surface area contributed by atoms with Crippen molar-refractivity contribution in [1.82, 2.24) is 25.8 Å². The normalized spacial score (nSPS) is 20.8. The smallest absolute Gasteiger partial charge is 0.224 e. The number of carbonyl (C=O) groups is 1. The van der Waals surface area contributed by atoms with E-state index >= 15 is 0 Å². The Hall–Kier alpha value is -1.44. The fraction of sp³-hybridized carbons (Fsp3) is 0.471. The summed E-state index contributed by atoms with van der Waals surface area (Å²) in [6.07, 6.45) is 3.25. The molecule has 134 valence electrons. The van der Waals surface area contributed by atoms with Crippen LogP contribution < -0.4 is 10.6 Å². The van der Waals surface area contributed by atoms with Crippen LogP contribution in [-0.4, -0.2) is 34.2 Å². The average molecular weight is 427 g/mol. The summed E-state index contributed by atoms with van der Waals surface area (Å²) in [4.78, 5) is 16.8. The molecule has 1 saturated carbocycles. The standard InChI is InChI=1S/C17H20BrN5O.ClH/c18-12-3-1-11(2-4-12)15-21-14(22-23-15)10-20-16(24)13-9-17(13)5-7-19-8-6-17;/h1-4,13,19H,5-10H2,(H,20,24)(H,21,22,23);1H. The first kappa shape index (κ1) is 18.4. The fourth-order valence-electron chi connectivity index (χ4n) is 3.59. The number of aromatic amines is 1. The van der Waals surface area contributed by atoms with Crippen molar-refractivity contribution in [3.8, 4) is 11.4 Å². The van der Waals surface area contributed by atoms with Crippen LogP contribution in [0.15, 0.2) is 28.7 Å². The largest absolute Gasteiger partial charge is 0.349 e. The monoisotopic (exact) mass is 425 g/mol. The molecular weight excluding hydrogens is 406 g/mol. The second-order valence-corrected chi connectivity index (χ2v) is 7.62. The summed E-state index contributed by atoms with van der Waals surface area (Å²) in [6, 6.07) is 7.83. The summed E-state index contributed by atoms with van der Waals surface area (Å²) in [5.74, 6) is 1.65. The van der Waals surface area contributed by atoms with Gasteiger partial charge in [0.15, 0.2) is 5.82 Å². The first-order valence-corrected chi connectivity index (χ1v) is 9.11. The fourth-order valence-corrected chi connectivity index (χ4v) is 3.86. The lowest BCUT2D eigenvalue weighted by Gasteiger charge is -2.23. The minimum Gasteiger partial charge on any atom is -0.349 e. The molecule has 1 aliphatic heterocycles. The average Bonchev–Trinajstić information content (AvgIpc) is 3.07. The van der Waals surface area contributed by atoms with Gasteiger partial charge in [-0.15, -0.1) is 12.4 Å². The topological polar surface area (TPSA) is 82.7 Å². The van der Waals surface area contributed by atoms with Crippen molar-refractivity contribution in [1.29, 1.82) is 0 Å². The van der Waals surface area contributed by atoms with Crippen LogP contribution >= 0.6 is 28.3 Å². The predicted octanol–water partition coefficient (Wildman–Crippen LogP) is 2.66. The Morgan fingerprint density at radius 3 is 2.72 bits per heavy atom. The van der Waals surface area contributed by atoms with E-state index < -0.39 is 0 Å². The van der Waals surface area contributed by atoms with Crippen molar-refractivity contribution < 1.29 is 4.79 Å². The highest BCUT2D eigenvalue weighted by Crippen LogP contribution is 2.58. The van der Waals surface area contributed by atoms with Gasteiger partial charge >= 0.3 is 0 Å². The van der Waals surface area contributed by atoms with Gasteiger partial charge in [0.2, 0.25) is 5.91 Å². The Bertz CT molecular complexity index is 742. The molecular formula is C17H21BrClN5O. The third-order valence-corrected chi connectivity index (χ3v) is 5.70. The van der Waals surface area contributed by atoms with Gasteiger partial charge in [0, 0.05) is 16.0 Å².